The Morgan fingerprint density at radius 2 is 0.410 bits per heavy atom. The van der Waals surface area contributed by atoms with E-state index in [0.29, 0.717) is 0 Å². The first kappa shape index (κ1) is 21.3. The van der Waals surface area contributed by atoms with Crippen molar-refractivity contribution in [1.29, 1.82) is 0 Å². The van der Waals surface area contributed by atoms with E-state index in [9.17, 15) is 0 Å². The monoisotopic (exact) mass is 540 g/mol. The second-order valence-corrected chi connectivity index (χ2v) is 6.26. The molecule has 0 spiro atoms. The maximum atomic E-state index is 5.42. The highest BCUT2D eigenvalue weighted by Gasteiger charge is 2.24. The van der Waals surface area contributed by atoms with E-state index < -0.39 is 0 Å². The van der Waals surface area contributed by atoms with Crippen molar-refractivity contribution >= 4 is 34.9 Å². The molecule has 1 aliphatic rings. The summed E-state index contributed by atoms with van der Waals surface area (Å²) in [5.41, 5.74) is 0. The van der Waals surface area contributed by atoms with Crippen molar-refractivity contribution in [2.45, 2.75) is 0 Å². The van der Waals surface area contributed by atoms with Crippen LogP contribution in [-0.4, -0.2) is 61.9 Å². The molecule has 1 aliphatic heterocycles. The molecule has 0 saturated carbocycles. The largest absolute Gasteiger partial charge is 0.408 e. The zero-order valence-electron chi connectivity index (χ0n) is 17.7. The molecule has 7 rings (SSSR count). The molecule has 27 nitrogen and oxygen atoms in total. The second-order valence-electron chi connectivity index (χ2n) is 6.26. The molecule has 7 heterocycles. The average molecular weight is 540 g/mol. The van der Waals surface area contributed by atoms with Crippen molar-refractivity contribution in [1.82, 2.24) is 61.9 Å². The number of rotatable bonds is 0. The highest BCUT2D eigenvalue weighted by Crippen LogP contribution is 2.38. The standard InChI is InChI=1S/C12N18O9/c13-1-7(25-34-19-1)31-8-3(21-36-26-8)15-16-5-11(29-38-23-5)33-12-6(24-39-30-12)18-17-4-10(28-37-22-4)32-9-2(14-13)20-35-27-9. The molecule has 0 fully saturated rings. The fourth-order valence-corrected chi connectivity index (χ4v) is 2.37. The van der Waals surface area contributed by atoms with Gasteiger partial charge in [-0.25, -0.2) is 27.8 Å². The molecule has 0 unspecified atom stereocenters. The molecule has 0 radical (unpaired) electrons. The van der Waals surface area contributed by atoms with Crippen LogP contribution in [0.25, 0.3) is 0 Å². The molecule has 192 valence electrons. The molecule has 0 amide bonds. The van der Waals surface area contributed by atoms with Crippen LogP contribution in [0.2, 0.25) is 0 Å². The summed E-state index contributed by atoms with van der Waals surface area (Å²) in [6.45, 7) is 0. The minimum absolute atomic E-state index is 0.287. The molecule has 0 atom stereocenters. The highest BCUT2D eigenvalue weighted by atomic mass is 16.6. The third kappa shape index (κ3) is 4.09. The van der Waals surface area contributed by atoms with Gasteiger partial charge in [-0.15, -0.1) is 30.7 Å². The van der Waals surface area contributed by atoms with Crippen LogP contribution in [0.4, 0.5) is 34.9 Å². The number of nitrogens with zero attached hydrogens (tertiary/aromatic N) is 18. The summed E-state index contributed by atoms with van der Waals surface area (Å²) in [6.07, 6.45) is 0. The lowest BCUT2D eigenvalue weighted by molar-refractivity contribution is 0.272. The van der Waals surface area contributed by atoms with Gasteiger partial charge in [-0.3, -0.25) is 0 Å². The van der Waals surface area contributed by atoms with Gasteiger partial charge in [-0.1, -0.05) is 0 Å². The summed E-state index contributed by atoms with van der Waals surface area (Å²) in [4.78, 5) is 0. The van der Waals surface area contributed by atoms with E-state index in [1.54, 1.807) is 0 Å². The molecule has 6 aromatic heterocycles. The van der Waals surface area contributed by atoms with Crippen LogP contribution in [0.3, 0.4) is 0 Å². The van der Waals surface area contributed by atoms with E-state index in [4.69, 9.17) is 14.2 Å². The van der Waals surface area contributed by atoms with Crippen molar-refractivity contribution in [3.8, 4) is 35.3 Å². The first-order chi connectivity index (χ1) is 19.3. The third-order valence-electron chi connectivity index (χ3n) is 3.95. The number of hydrogen-bond donors (Lipinski definition) is 0. The Hall–Kier alpha value is -6.96. The molecule has 0 saturated heterocycles. The van der Waals surface area contributed by atoms with E-state index >= 15 is 0 Å². The summed E-state index contributed by atoms with van der Waals surface area (Å²) in [6, 6.07) is 0. The molecule has 27 heteroatoms. The molecular formula is C12N18O9. The molecule has 0 aliphatic carbocycles. The fraction of sp³-hybridized carbons (Fsp3) is 0. The van der Waals surface area contributed by atoms with Gasteiger partial charge in [0, 0.05) is 0 Å². The number of fused-ring (bicyclic) bond motifs is 6. The SMILES string of the molecule is N1=Nc2nonc2Oc2nonc2N=Nc2nonc2Oc2nonc2N=Nc2nonc2Oc2nonc21. The zero-order chi connectivity index (χ0) is 26.0. The van der Waals surface area contributed by atoms with Gasteiger partial charge < -0.3 is 14.2 Å². The topological polar surface area (TPSA) is 335 Å². The average Bonchev–Trinajstić information content (AvgIpc) is 3.77. The van der Waals surface area contributed by atoms with Crippen molar-refractivity contribution in [3.63, 3.8) is 0 Å². The van der Waals surface area contributed by atoms with E-state index in [1.165, 1.54) is 0 Å². The summed E-state index contributed by atoms with van der Waals surface area (Å²) in [7, 11) is 0. The van der Waals surface area contributed by atoms with Crippen LogP contribution in [0, 0.1) is 0 Å². The smallest absolute Gasteiger partial charge is 0.311 e. The fourth-order valence-electron chi connectivity index (χ4n) is 2.37. The van der Waals surface area contributed by atoms with Crippen LogP contribution in [0.5, 0.6) is 35.3 Å². The second kappa shape index (κ2) is 8.92. The Morgan fingerprint density at radius 3 is 0.590 bits per heavy atom. The van der Waals surface area contributed by atoms with Crippen molar-refractivity contribution in [2.24, 2.45) is 30.7 Å². The zero-order valence-corrected chi connectivity index (χ0v) is 17.7. The van der Waals surface area contributed by atoms with E-state index in [1.807, 2.05) is 0 Å². The lowest BCUT2D eigenvalue weighted by Crippen LogP contribution is -1.86. The van der Waals surface area contributed by atoms with E-state index in [0.717, 1.165) is 0 Å². The van der Waals surface area contributed by atoms with E-state index in [-0.39, 0.29) is 70.2 Å². The Kier molecular flexibility index (Phi) is 4.88. The minimum atomic E-state index is -0.336. The first-order valence-corrected chi connectivity index (χ1v) is 9.54. The maximum Gasteiger partial charge on any atom is 0.311 e. The first-order valence-electron chi connectivity index (χ1n) is 9.54. The summed E-state index contributed by atoms with van der Waals surface area (Å²) in [5.74, 6) is -3.74. The Morgan fingerprint density at radius 1 is 0.231 bits per heavy atom. The van der Waals surface area contributed by atoms with Crippen LogP contribution in [0.1, 0.15) is 0 Å². The highest BCUT2D eigenvalue weighted by molar-refractivity contribution is 5.48. The van der Waals surface area contributed by atoms with Gasteiger partial charge in [0.1, 0.15) is 0 Å². The predicted molar refractivity (Wildman–Crippen MR) is 98.5 cm³/mol. The normalized spacial score (nSPS) is 12.9. The van der Waals surface area contributed by atoms with E-state index in [2.05, 4.69) is 120 Å². The van der Waals surface area contributed by atoms with Gasteiger partial charge in [-0.2, -0.15) is 0 Å². The molecule has 0 aromatic carbocycles. The van der Waals surface area contributed by atoms with Crippen LogP contribution in [-0.2, 0) is 0 Å². The maximum absolute atomic E-state index is 5.42. The predicted octanol–water partition coefficient (Wildman–Crippen LogP) is 2.92. The number of ether oxygens (including phenoxy) is 3. The summed E-state index contributed by atoms with van der Waals surface area (Å²) in [5, 5.41) is 65.3. The Bertz CT molecular complexity index is 1500. The molecule has 39 heavy (non-hydrogen) atoms. The quantitative estimate of drug-likeness (QED) is 0.266. The number of azo groups is 3. The molecule has 0 bridgehead atoms. The lowest BCUT2D eigenvalue weighted by Gasteiger charge is -1.95. The third-order valence-corrected chi connectivity index (χ3v) is 3.95. The van der Waals surface area contributed by atoms with Crippen LogP contribution in [0.15, 0.2) is 58.5 Å². The number of aromatic nitrogens is 12. The molecule has 6 aromatic rings. The summed E-state index contributed by atoms with van der Waals surface area (Å²) >= 11 is 0. The Labute approximate surface area is 205 Å². The van der Waals surface area contributed by atoms with Crippen molar-refractivity contribution in [2.75, 3.05) is 0 Å². The van der Waals surface area contributed by atoms with Gasteiger partial charge >= 0.3 is 35.3 Å². The van der Waals surface area contributed by atoms with Crippen molar-refractivity contribution < 1.29 is 42.0 Å². The van der Waals surface area contributed by atoms with Gasteiger partial charge in [0.2, 0.25) is 0 Å². The number of hydrogen-bond acceptors (Lipinski definition) is 27. The minimum Gasteiger partial charge on any atom is -0.408 e. The van der Waals surface area contributed by atoms with Gasteiger partial charge in [-0.05, 0) is 61.9 Å². The molecule has 0 N–H and O–H groups in total. The van der Waals surface area contributed by atoms with Gasteiger partial charge in [0.15, 0.2) is 0 Å². The van der Waals surface area contributed by atoms with Crippen molar-refractivity contribution in [3.05, 3.63) is 0 Å². The van der Waals surface area contributed by atoms with Gasteiger partial charge in [0.05, 0.1) is 0 Å². The lowest BCUT2D eigenvalue weighted by atomic mass is 10.6. The Balaban J connectivity index is 1.30. The molecular weight excluding hydrogens is 540 g/mol. The van der Waals surface area contributed by atoms with Gasteiger partial charge in [0.25, 0.3) is 34.9 Å². The summed E-state index contributed by atoms with van der Waals surface area (Å²) < 4.78 is 44.0. The van der Waals surface area contributed by atoms with Crippen LogP contribution >= 0.6 is 0 Å². The van der Waals surface area contributed by atoms with Crippen LogP contribution < -0.4 is 14.2 Å².